The first-order valence-corrected chi connectivity index (χ1v) is 6.12. The predicted molar refractivity (Wildman–Crippen MR) is 72.1 cm³/mol. The summed E-state index contributed by atoms with van der Waals surface area (Å²) in [5, 5.41) is 5.41. The third-order valence-corrected chi connectivity index (χ3v) is 3.03. The number of hydrogen-bond acceptors (Lipinski definition) is 4. The maximum absolute atomic E-state index is 5.99. The van der Waals surface area contributed by atoms with Gasteiger partial charge < -0.3 is 10.1 Å². The van der Waals surface area contributed by atoms with Gasteiger partial charge in [0.1, 0.15) is 11.6 Å². The molecule has 0 radical (unpaired) electrons. The fraction of sp³-hybridized carbons (Fsp3) is 0.286. The zero-order valence-electron chi connectivity index (χ0n) is 10.3. The van der Waals surface area contributed by atoms with E-state index in [-0.39, 0.29) is 6.10 Å². The van der Waals surface area contributed by atoms with E-state index in [1.807, 2.05) is 37.4 Å². The number of pyridine rings is 1. The first-order valence-electron chi connectivity index (χ1n) is 6.12. The SMILES string of the molecule is C[C@H](Oc1cccc2cnccc12)C1=NCCN1. The van der Waals surface area contributed by atoms with Gasteiger partial charge >= 0.3 is 0 Å². The van der Waals surface area contributed by atoms with Crippen molar-refractivity contribution in [3.05, 3.63) is 36.7 Å². The third-order valence-electron chi connectivity index (χ3n) is 3.03. The summed E-state index contributed by atoms with van der Waals surface area (Å²) in [6.45, 7) is 3.75. The fourth-order valence-corrected chi connectivity index (χ4v) is 2.13. The lowest BCUT2D eigenvalue weighted by molar-refractivity contribution is 0.287. The van der Waals surface area contributed by atoms with Crippen LogP contribution in [0.5, 0.6) is 5.75 Å². The minimum atomic E-state index is -0.0498. The molecule has 18 heavy (non-hydrogen) atoms. The molecule has 0 saturated carbocycles. The molecule has 4 nitrogen and oxygen atoms in total. The van der Waals surface area contributed by atoms with Crippen LogP contribution >= 0.6 is 0 Å². The van der Waals surface area contributed by atoms with Crippen LogP contribution in [0.2, 0.25) is 0 Å². The Morgan fingerprint density at radius 3 is 3.11 bits per heavy atom. The first-order chi connectivity index (χ1) is 8.84. The second-order valence-corrected chi connectivity index (χ2v) is 4.31. The van der Waals surface area contributed by atoms with Crippen LogP contribution in [0.25, 0.3) is 10.8 Å². The summed E-state index contributed by atoms with van der Waals surface area (Å²) in [4.78, 5) is 8.50. The van der Waals surface area contributed by atoms with Crippen LogP contribution in [0.1, 0.15) is 6.92 Å². The van der Waals surface area contributed by atoms with Crippen molar-refractivity contribution in [2.45, 2.75) is 13.0 Å². The molecule has 2 aromatic rings. The zero-order chi connectivity index (χ0) is 12.4. The van der Waals surface area contributed by atoms with E-state index in [2.05, 4.69) is 15.3 Å². The Morgan fingerprint density at radius 1 is 1.33 bits per heavy atom. The number of ether oxygens (including phenoxy) is 1. The monoisotopic (exact) mass is 241 g/mol. The van der Waals surface area contributed by atoms with Gasteiger partial charge in [-0.15, -0.1) is 0 Å². The molecule has 0 bridgehead atoms. The van der Waals surface area contributed by atoms with E-state index in [1.54, 1.807) is 6.20 Å². The lowest BCUT2D eigenvalue weighted by atomic mass is 10.1. The third kappa shape index (κ3) is 2.01. The van der Waals surface area contributed by atoms with Crippen LogP contribution in [0.15, 0.2) is 41.7 Å². The smallest absolute Gasteiger partial charge is 0.152 e. The molecule has 1 aliphatic rings. The molecule has 0 aliphatic carbocycles. The minimum absolute atomic E-state index is 0.0498. The van der Waals surface area contributed by atoms with E-state index in [0.717, 1.165) is 35.4 Å². The van der Waals surface area contributed by atoms with Crippen molar-refractivity contribution < 1.29 is 4.74 Å². The molecule has 2 heterocycles. The summed E-state index contributed by atoms with van der Waals surface area (Å²) in [5.41, 5.74) is 0. The lowest BCUT2D eigenvalue weighted by Gasteiger charge is -2.16. The van der Waals surface area contributed by atoms with Gasteiger partial charge in [-0.3, -0.25) is 9.98 Å². The Balaban J connectivity index is 1.90. The second kappa shape index (κ2) is 4.64. The van der Waals surface area contributed by atoms with E-state index in [1.165, 1.54) is 0 Å². The highest BCUT2D eigenvalue weighted by Gasteiger charge is 2.16. The molecule has 0 unspecified atom stereocenters. The van der Waals surface area contributed by atoms with Gasteiger partial charge in [0.05, 0.1) is 6.54 Å². The van der Waals surface area contributed by atoms with Gasteiger partial charge in [0.15, 0.2) is 6.10 Å². The molecule has 0 saturated heterocycles. The Bertz CT molecular complexity index is 589. The summed E-state index contributed by atoms with van der Waals surface area (Å²) in [7, 11) is 0. The summed E-state index contributed by atoms with van der Waals surface area (Å²) in [6.07, 6.45) is 3.58. The van der Waals surface area contributed by atoms with Crippen LogP contribution < -0.4 is 10.1 Å². The van der Waals surface area contributed by atoms with Crippen LogP contribution in [0.3, 0.4) is 0 Å². The van der Waals surface area contributed by atoms with Crippen LogP contribution in [0, 0.1) is 0 Å². The number of rotatable bonds is 3. The summed E-state index contributed by atoms with van der Waals surface area (Å²) >= 11 is 0. The van der Waals surface area contributed by atoms with Crippen molar-refractivity contribution in [3.63, 3.8) is 0 Å². The van der Waals surface area contributed by atoms with Gasteiger partial charge in [0, 0.05) is 29.7 Å². The highest BCUT2D eigenvalue weighted by molar-refractivity contribution is 5.90. The average Bonchev–Trinajstić information content (AvgIpc) is 2.93. The Hall–Kier alpha value is -2.10. The van der Waals surface area contributed by atoms with Gasteiger partial charge in [-0.2, -0.15) is 0 Å². The van der Waals surface area contributed by atoms with E-state index >= 15 is 0 Å². The second-order valence-electron chi connectivity index (χ2n) is 4.31. The van der Waals surface area contributed by atoms with E-state index in [0.29, 0.717) is 0 Å². The number of hydrogen-bond donors (Lipinski definition) is 1. The first kappa shape index (κ1) is 11.0. The summed E-state index contributed by atoms with van der Waals surface area (Å²) < 4.78 is 5.99. The fourth-order valence-electron chi connectivity index (χ4n) is 2.13. The molecule has 1 N–H and O–H groups in total. The summed E-state index contributed by atoms with van der Waals surface area (Å²) in [5.74, 6) is 1.81. The molecule has 1 atom stereocenters. The number of aliphatic imine (C=N–C) groups is 1. The number of nitrogens with one attached hydrogen (secondary N) is 1. The molecule has 1 aromatic carbocycles. The molecule has 0 amide bonds. The van der Waals surface area contributed by atoms with Gasteiger partial charge in [-0.05, 0) is 19.1 Å². The van der Waals surface area contributed by atoms with Crippen LogP contribution in [0.4, 0.5) is 0 Å². The van der Waals surface area contributed by atoms with E-state index in [9.17, 15) is 0 Å². The van der Waals surface area contributed by atoms with Crippen molar-refractivity contribution >= 4 is 16.6 Å². The molecule has 4 heteroatoms. The van der Waals surface area contributed by atoms with Crippen LogP contribution in [-0.4, -0.2) is 30.0 Å². The van der Waals surface area contributed by atoms with Crippen molar-refractivity contribution in [2.24, 2.45) is 4.99 Å². The zero-order valence-corrected chi connectivity index (χ0v) is 10.3. The molecular weight excluding hydrogens is 226 g/mol. The van der Waals surface area contributed by atoms with E-state index < -0.39 is 0 Å². The number of amidine groups is 1. The predicted octanol–water partition coefficient (Wildman–Crippen LogP) is 2.00. The van der Waals surface area contributed by atoms with Gasteiger partial charge in [0.2, 0.25) is 0 Å². The molecule has 0 spiro atoms. The molecule has 1 aromatic heterocycles. The van der Waals surface area contributed by atoms with Crippen molar-refractivity contribution in [1.82, 2.24) is 10.3 Å². The van der Waals surface area contributed by atoms with Crippen LogP contribution in [-0.2, 0) is 0 Å². The van der Waals surface area contributed by atoms with Gasteiger partial charge in [-0.1, -0.05) is 12.1 Å². The topological polar surface area (TPSA) is 46.5 Å². The highest BCUT2D eigenvalue weighted by Crippen LogP contribution is 2.25. The van der Waals surface area contributed by atoms with Crippen molar-refractivity contribution in [2.75, 3.05) is 13.1 Å². The minimum Gasteiger partial charge on any atom is -0.482 e. The Morgan fingerprint density at radius 2 is 2.28 bits per heavy atom. The maximum Gasteiger partial charge on any atom is 0.152 e. The highest BCUT2D eigenvalue weighted by atomic mass is 16.5. The van der Waals surface area contributed by atoms with Crippen molar-refractivity contribution in [1.29, 1.82) is 0 Å². The molecule has 1 aliphatic heterocycles. The number of benzene rings is 1. The normalized spacial score (nSPS) is 16.2. The maximum atomic E-state index is 5.99. The Kier molecular flexibility index (Phi) is 2.84. The van der Waals surface area contributed by atoms with Crippen molar-refractivity contribution in [3.8, 4) is 5.75 Å². The standard InChI is InChI=1S/C14H15N3O/c1-10(14-16-7-8-17-14)18-13-4-2-3-11-9-15-6-5-12(11)13/h2-6,9-10H,7-8H2,1H3,(H,16,17)/t10-/m0/s1. The molecule has 92 valence electrons. The van der Waals surface area contributed by atoms with Gasteiger partial charge in [0.25, 0.3) is 0 Å². The van der Waals surface area contributed by atoms with E-state index in [4.69, 9.17) is 4.74 Å². The molecule has 0 fully saturated rings. The summed E-state index contributed by atoms with van der Waals surface area (Å²) in [6, 6.07) is 7.97. The lowest BCUT2D eigenvalue weighted by Crippen LogP contribution is -2.33. The number of aromatic nitrogens is 1. The van der Waals surface area contributed by atoms with Gasteiger partial charge in [-0.25, -0.2) is 0 Å². The number of nitrogens with zero attached hydrogens (tertiary/aromatic N) is 2. The quantitative estimate of drug-likeness (QED) is 0.894. The average molecular weight is 241 g/mol. The Labute approximate surface area is 106 Å². The largest absolute Gasteiger partial charge is 0.482 e. The number of fused-ring (bicyclic) bond motifs is 1. The molecule has 3 rings (SSSR count). The molecular formula is C14H15N3O.